The Kier molecular flexibility index (Phi) is 5.69. The number of carbonyl (C=O) groups is 1. The molecule has 3 heterocycles. The first-order valence-corrected chi connectivity index (χ1v) is 11.7. The van der Waals surface area contributed by atoms with Crippen molar-refractivity contribution in [2.24, 2.45) is 0 Å². The molecule has 4 aromatic rings. The molecule has 5 rings (SSSR count). The average Bonchev–Trinajstić information content (AvgIpc) is 2.82. The summed E-state index contributed by atoms with van der Waals surface area (Å²) in [5, 5.41) is 21.6. The molecule has 0 radical (unpaired) electrons. The summed E-state index contributed by atoms with van der Waals surface area (Å²) in [6.07, 6.45) is 1.37. The first-order valence-electron chi connectivity index (χ1n) is 11.7. The minimum absolute atomic E-state index is 0.184. The highest BCUT2D eigenvalue weighted by molar-refractivity contribution is 6.08. The van der Waals surface area contributed by atoms with E-state index in [1.807, 2.05) is 58.0 Å². The monoisotopic (exact) mass is 472 g/mol. The zero-order valence-corrected chi connectivity index (χ0v) is 20.3. The molecule has 180 valence electrons. The topological polar surface area (TPSA) is 102 Å². The van der Waals surface area contributed by atoms with Gasteiger partial charge in [0.15, 0.2) is 6.10 Å². The summed E-state index contributed by atoms with van der Waals surface area (Å²) < 4.78 is 12.0. The van der Waals surface area contributed by atoms with E-state index in [0.29, 0.717) is 23.4 Å². The molecule has 0 saturated heterocycles. The van der Waals surface area contributed by atoms with Crippen molar-refractivity contribution < 1.29 is 24.5 Å². The maximum Gasteiger partial charge on any atom is 0.337 e. The molecule has 1 aliphatic rings. The molecular formula is C28H28N2O5. The van der Waals surface area contributed by atoms with Gasteiger partial charge in [0.05, 0.1) is 35.5 Å². The normalized spacial score (nSPS) is 14.2. The molecule has 0 saturated carbocycles. The highest BCUT2D eigenvalue weighted by Crippen LogP contribution is 2.44. The molecule has 1 atom stereocenters. The van der Waals surface area contributed by atoms with Crippen molar-refractivity contribution in [3.8, 4) is 16.9 Å². The summed E-state index contributed by atoms with van der Waals surface area (Å²) in [6, 6.07) is 11.4. The van der Waals surface area contributed by atoms with E-state index in [1.54, 1.807) is 12.3 Å². The first-order chi connectivity index (χ1) is 16.7. The number of aliphatic carboxylic acids is 1. The second kappa shape index (κ2) is 8.59. The Hall–Kier alpha value is -3.55. The lowest BCUT2D eigenvalue weighted by atomic mass is 9.86. The smallest absolute Gasteiger partial charge is 0.337 e. The maximum atomic E-state index is 12.6. The minimum Gasteiger partial charge on any atom is -0.493 e. The van der Waals surface area contributed by atoms with E-state index in [-0.39, 0.29) is 6.61 Å². The van der Waals surface area contributed by atoms with Gasteiger partial charge in [0.25, 0.3) is 0 Å². The van der Waals surface area contributed by atoms with Crippen molar-refractivity contribution in [1.82, 2.24) is 9.97 Å². The molecule has 1 unspecified atom stereocenters. The summed E-state index contributed by atoms with van der Waals surface area (Å²) in [7, 11) is 0. The van der Waals surface area contributed by atoms with Crippen LogP contribution in [0.1, 0.15) is 49.3 Å². The Morgan fingerprint density at radius 2 is 2.00 bits per heavy atom. The van der Waals surface area contributed by atoms with Crippen LogP contribution in [0.3, 0.4) is 0 Å². The van der Waals surface area contributed by atoms with Crippen LogP contribution in [-0.4, -0.2) is 38.4 Å². The average molecular weight is 473 g/mol. The Labute approximate surface area is 203 Å². The summed E-state index contributed by atoms with van der Waals surface area (Å²) >= 11 is 0. The van der Waals surface area contributed by atoms with Gasteiger partial charge in [0.1, 0.15) is 5.75 Å². The summed E-state index contributed by atoms with van der Waals surface area (Å²) in [5.41, 5.74) is 5.24. The molecule has 0 amide bonds. The van der Waals surface area contributed by atoms with Gasteiger partial charge >= 0.3 is 5.97 Å². The molecule has 1 aliphatic heterocycles. The molecule has 0 fully saturated rings. The van der Waals surface area contributed by atoms with Crippen LogP contribution >= 0.6 is 0 Å². The number of aryl methyl sites for hydroxylation is 1. The van der Waals surface area contributed by atoms with E-state index >= 15 is 0 Å². The Balaban J connectivity index is 1.91. The molecule has 0 bridgehead atoms. The van der Waals surface area contributed by atoms with Crippen molar-refractivity contribution in [2.45, 2.75) is 52.4 Å². The number of hydrogen-bond donors (Lipinski definition) is 2. The number of aliphatic hydroxyl groups excluding tert-OH is 1. The molecular weight excluding hydrogens is 444 g/mol. The highest BCUT2D eigenvalue weighted by Gasteiger charge is 2.32. The number of carboxylic acids is 1. The molecule has 2 aromatic heterocycles. The minimum atomic E-state index is -1.20. The lowest BCUT2D eigenvalue weighted by molar-refractivity contribution is -0.160. The highest BCUT2D eigenvalue weighted by atomic mass is 16.5. The number of nitrogens with zero attached hydrogens (tertiary/aromatic N) is 2. The van der Waals surface area contributed by atoms with E-state index < -0.39 is 17.7 Å². The van der Waals surface area contributed by atoms with Gasteiger partial charge < -0.3 is 19.7 Å². The number of rotatable bonds is 5. The van der Waals surface area contributed by atoms with Crippen LogP contribution in [0.2, 0.25) is 0 Å². The fourth-order valence-corrected chi connectivity index (χ4v) is 4.87. The van der Waals surface area contributed by atoms with Gasteiger partial charge in [-0.15, -0.1) is 0 Å². The van der Waals surface area contributed by atoms with E-state index in [0.717, 1.165) is 50.7 Å². The van der Waals surface area contributed by atoms with Gasteiger partial charge in [-0.25, -0.2) is 4.79 Å². The van der Waals surface area contributed by atoms with Gasteiger partial charge in [-0.3, -0.25) is 9.97 Å². The standard InChI is InChI=1S/C28H28N2O5/c1-15-13-20-18(6-5-17(14-31)30-20)24(22(15)26(27(32)33)35-28(2,3)4)19-7-8-21-23-16(10-12-34-21)9-11-29-25(19)23/h5-9,11,13,26,31H,10,12,14H2,1-4H3,(H,32,33). The maximum absolute atomic E-state index is 12.6. The molecule has 0 spiro atoms. The predicted octanol–water partition coefficient (Wildman–Crippen LogP) is 5.13. The number of aliphatic hydroxyl groups is 1. The van der Waals surface area contributed by atoms with Crippen molar-refractivity contribution in [1.29, 1.82) is 0 Å². The zero-order valence-electron chi connectivity index (χ0n) is 20.3. The van der Waals surface area contributed by atoms with Crippen molar-refractivity contribution in [3.63, 3.8) is 0 Å². The van der Waals surface area contributed by atoms with E-state index in [2.05, 4.69) is 4.98 Å². The number of ether oxygens (including phenoxy) is 2. The van der Waals surface area contributed by atoms with Crippen molar-refractivity contribution in [3.05, 3.63) is 65.0 Å². The molecule has 7 heteroatoms. The van der Waals surface area contributed by atoms with Crippen LogP contribution in [0.5, 0.6) is 5.75 Å². The van der Waals surface area contributed by atoms with E-state index in [4.69, 9.17) is 14.5 Å². The number of pyridine rings is 2. The lowest BCUT2D eigenvalue weighted by Gasteiger charge is -2.29. The number of carboxylic acid groups (broad SMARTS) is 1. The van der Waals surface area contributed by atoms with Gasteiger partial charge in [-0.1, -0.05) is 6.07 Å². The Morgan fingerprint density at radius 1 is 1.20 bits per heavy atom. The second-order valence-corrected chi connectivity index (χ2v) is 9.86. The molecule has 2 N–H and O–H groups in total. The fraction of sp³-hybridized carbons (Fsp3) is 0.321. The molecule has 7 nitrogen and oxygen atoms in total. The van der Waals surface area contributed by atoms with Crippen LogP contribution < -0.4 is 4.74 Å². The van der Waals surface area contributed by atoms with Gasteiger partial charge in [-0.05, 0) is 74.7 Å². The summed E-state index contributed by atoms with van der Waals surface area (Å²) in [6.45, 7) is 7.82. The number of aromatic nitrogens is 2. The molecule has 0 aliphatic carbocycles. The van der Waals surface area contributed by atoms with Gasteiger partial charge in [-0.2, -0.15) is 0 Å². The Bertz CT molecular complexity index is 1460. The largest absolute Gasteiger partial charge is 0.493 e. The van der Waals surface area contributed by atoms with E-state index in [1.165, 1.54) is 0 Å². The van der Waals surface area contributed by atoms with Crippen LogP contribution in [0.25, 0.3) is 32.9 Å². The lowest BCUT2D eigenvalue weighted by Crippen LogP contribution is -2.28. The van der Waals surface area contributed by atoms with Crippen LogP contribution in [0.4, 0.5) is 0 Å². The van der Waals surface area contributed by atoms with Gasteiger partial charge in [0.2, 0.25) is 0 Å². The number of fused-ring (bicyclic) bond motifs is 1. The second-order valence-electron chi connectivity index (χ2n) is 9.86. The quantitative estimate of drug-likeness (QED) is 0.415. The third-order valence-electron chi connectivity index (χ3n) is 6.26. The number of benzene rings is 2. The van der Waals surface area contributed by atoms with E-state index in [9.17, 15) is 15.0 Å². The molecule has 2 aromatic carbocycles. The SMILES string of the molecule is Cc1cc2nc(CO)ccc2c(-c2ccc3c4c(ccnc24)CCO3)c1C(OC(C)(C)C)C(=O)O. The van der Waals surface area contributed by atoms with Crippen LogP contribution in [0.15, 0.2) is 42.6 Å². The predicted molar refractivity (Wildman–Crippen MR) is 134 cm³/mol. The van der Waals surface area contributed by atoms with Crippen LogP contribution in [-0.2, 0) is 22.6 Å². The third kappa shape index (κ3) is 4.11. The van der Waals surface area contributed by atoms with Crippen LogP contribution in [0, 0.1) is 6.92 Å². The summed E-state index contributed by atoms with van der Waals surface area (Å²) in [5.74, 6) is -0.291. The number of hydrogen-bond acceptors (Lipinski definition) is 6. The van der Waals surface area contributed by atoms with Crippen molar-refractivity contribution in [2.75, 3.05) is 6.61 Å². The van der Waals surface area contributed by atoms with Crippen molar-refractivity contribution >= 4 is 27.8 Å². The zero-order chi connectivity index (χ0) is 24.9. The summed E-state index contributed by atoms with van der Waals surface area (Å²) in [4.78, 5) is 21.9. The third-order valence-corrected chi connectivity index (χ3v) is 6.26. The Morgan fingerprint density at radius 3 is 2.71 bits per heavy atom. The first kappa shape index (κ1) is 23.2. The fourth-order valence-electron chi connectivity index (χ4n) is 4.87. The van der Waals surface area contributed by atoms with Gasteiger partial charge in [0, 0.05) is 34.5 Å². The molecule has 35 heavy (non-hydrogen) atoms.